The molecule has 2 aromatic heterocycles. The fourth-order valence-corrected chi connectivity index (χ4v) is 1.53. The minimum Gasteiger partial charge on any atom is -0.399 e. The van der Waals surface area contributed by atoms with Gasteiger partial charge in [0.05, 0.1) is 11.4 Å². The van der Waals surface area contributed by atoms with Crippen LogP contribution in [-0.2, 0) is 0 Å². The van der Waals surface area contributed by atoms with Crippen molar-refractivity contribution in [2.24, 2.45) is 0 Å². The van der Waals surface area contributed by atoms with Gasteiger partial charge in [-0.3, -0.25) is 9.97 Å². The lowest BCUT2D eigenvalue weighted by Gasteiger charge is -2.02. The molecule has 0 aliphatic carbocycles. The van der Waals surface area contributed by atoms with Gasteiger partial charge in [-0.05, 0) is 36.2 Å². The molecule has 2 heterocycles. The molecule has 3 heteroatoms. The predicted molar refractivity (Wildman–Crippen MR) is 71.2 cm³/mol. The van der Waals surface area contributed by atoms with Gasteiger partial charge in [-0.1, -0.05) is 19.1 Å². The van der Waals surface area contributed by atoms with Crippen LogP contribution in [0, 0.1) is 0 Å². The molecule has 2 N–H and O–H groups in total. The second-order valence-corrected chi connectivity index (χ2v) is 3.76. The average molecular weight is 225 g/mol. The van der Waals surface area contributed by atoms with Crippen molar-refractivity contribution in [2.75, 3.05) is 5.73 Å². The van der Waals surface area contributed by atoms with Crippen molar-refractivity contribution in [3.63, 3.8) is 0 Å². The lowest BCUT2D eigenvalue weighted by molar-refractivity contribution is 1.23. The summed E-state index contributed by atoms with van der Waals surface area (Å²) in [6.07, 6.45) is 8.70. The highest BCUT2D eigenvalue weighted by Gasteiger charge is 2.01. The second kappa shape index (κ2) is 5.25. The summed E-state index contributed by atoms with van der Waals surface area (Å²) in [4.78, 5) is 8.57. The maximum Gasteiger partial charge on any atom is 0.0906 e. The first-order chi connectivity index (χ1) is 8.29. The first-order valence-electron chi connectivity index (χ1n) is 5.64. The van der Waals surface area contributed by atoms with Gasteiger partial charge in [0.1, 0.15) is 0 Å². The zero-order chi connectivity index (χ0) is 12.1. The molecule has 0 aromatic carbocycles. The van der Waals surface area contributed by atoms with Crippen molar-refractivity contribution in [2.45, 2.75) is 13.3 Å². The summed E-state index contributed by atoms with van der Waals surface area (Å²) >= 11 is 0. The smallest absolute Gasteiger partial charge is 0.0906 e. The minimum absolute atomic E-state index is 0.700. The van der Waals surface area contributed by atoms with Gasteiger partial charge in [-0.2, -0.15) is 0 Å². The zero-order valence-corrected chi connectivity index (χ0v) is 9.80. The molecule has 17 heavy (non-hydrogen) atoms. The first kappa shape index (κ1) is 11.3. The van der Waals surface area contributed by atoms with Gasteiger partial charge < -0.3 is 5.73 Å². The first-order valence-corrected chi connectivity index (χ1v) is 5.64. The van der Waals surface area contributed by atoms with E-state index in [2.05, 4.69) is 29.0 Å². The van der Waals surface area contributed by atoms with Crippen LogP contribution in [0.25, 0.3) is 17.5 Å². The van der Waals surface area contributed by atoms with E-state index in [1.807, 2.05) is 18.2 Å². The van der Waals surface area contributed by atoms with Crippen LogP contribution in [0.5, 0.6) is 0 Å². The van der Waals surface area contributed by atoms with Crippen molar-refractivity contribution in [3.05, 3.63) is 48.3 Å². The van der Waals surface area contributed by atoms with E-state index in [0.717, 1.165) is 23.4 Å². The third-order valence-corrected chi connectivity index (χ3v) is 2.38. The van der Waals surface area contributed by atoms with Gasteiger partial charge in [0.15, 0.2) is 0 Å². The van der Waals surface area contributed by atoms with Crippen LogP contribution in [0.3, 0.4) is 0 Å². The van der Waals surface area contributed by atoms with E-state index in [9.17, 15) is 0 Å². The van der Waals surface area contributed by atoms with E-state index in [0.29, 0.717) is 5.69 Å². The maximum absolute atomic E-state index is 5.73. The monoisotopic (exact) mass is 225 g/mol. The number of anilines is 1. The minimum atomic E-state index is 0.700. The van der Waals surface area contributed by atoms with Gasteiger partial charge in [-0.15, -0.1) is 0 Å². The molecule has 0 saturated carbocycles. The van der Waals surface area contributed by atoms with Crippen molar-refractivity contribution >= 4 is 11.8 Å². The lowest BCUT2D eigenvalue weighted by atomic mass is 10.1. The largest absolute Gasteiger partial charge is 0.399 e. The Morgan fingerprint density at radius 3 is 2.53 bits per heavy atom. The molecule has 0 unspecified atom stereocenters. The highest BCUT2D eigenvalue weighted by atomic mass is 14.8. The highest BCUT2D eigenvalue weighted by Crippen LogP contribution is 2.18. The normalized spacial score (nSPS) is 10.9. The van der Waals surface area contributed by atoms with Crippen molar-refractivity contribution < 1.29 is 0 Å². The van der Waals surface area contributed by atoms with Crippen LogP contribution >= 0.6 is 0 Å². The lowest BCUT2D eigenvalue weighted by Crippen LogP contribution is -1.91. The SMILES string of the molecule is CC/C=C/c1ccnc(-c2cc(N)ccn2)c1. The van der Waals surface area contributed by atoms with E-state index in [1.165, 1.54) is 0 Å². The number of nitrogens with two attached hydrogens (primary N) is 1. The second-order valence-electron chi connectivity index (χ2n) is 3.76. The number of aromatic nitrogens is 2. The van der Waals surface area contributed by atoms with Gasteiger partial charge >= 0.3 is 0 Å². The molecule has 0 radical (unpaired) electrons. The Hall–Kier alpha value is -2.16. The molecule has 0 spiro atoms. The van der Waals surface area contributed by atoms with Crippen LogP contribution in [0.15, 0.2) is 42.7 Å². The molecule has 0 fully saturated rings. The summed E-state index contributed by atoms with van der Waals surface area (Å²) in [7, 11) is 0. The topological polar surface area (TPSA) is 51.8 Å². The molecule has 0 amide bonds. The zero-order valence-electron chi connectivity index (χ0n) is 9.80. The summed E-state index contributed by atoms with van der Waals surface area (Å²) in [5.41, 5.74) is 9.20. The molecule has 0 bridgehead atoms. The Morgan fingerprint density at radius 1 is 1.12 bits per heavy atom. The van der Waals surface area contributed by atoms with Crippen LogP contribution in [0.4, 0.5) is 5.69 Å². The molecule has 3 nitrogen and oxygen atoms in total. The summed E-state index contributed by atoms with van der Waals surface area (Å²) in [6.45, 7) is 2.11. The fraction of sp³-hybridized carbons (Fsp3) is 0.143. The summed E-state index contributed by atoms with van der Waals surface area (Å²) in [5.74, 6) is 0. The van der Waals surface area contributed by atoms with Gasteiger partial charge in [0, 0.05) is 18.1 Å². The molecule has 0 aliphatic rings. The van der Waals surface area contributed by atoms with Gasteiger partial charge in [0.2, 0.25) is 0 Å². The van der Waals surface area contributed by atoms with Gasteiger partial charge in [-0.25, -0.2) is 0 Å². The third kappa shape index (κ3) is 2.91. The molecule has 0 saturated heterocycles. The Morgan fingerprint density at radius 2 is 1.82 bits per heavy atom. The van der Waals surface area contributed by atoms with Crippen molar-refractivity contribution in [3.8, 4) is 11.4 Å². The maximum atomic E-state index is 5.73. The molecule has 2 rings (SSSR count). The van der Waals surface area contributed by atoms with Gasteiger partial charge in [0.25, 0.3) is 0 Å². The van der Waals surface area contributed by atoms with E-state index < -0.39 is 0 Å². The number of hydrogen-bond donors (Lipinski definition) is 1. The molecule has 0 atom stereocenters. The Bertz CT molecular complexity index is 532. The highest BCUT2D eigenvalue weighted by molar-refractivity contribution is 5.63. The fourth-order valence-electron chi connectivity index (χ4n) is 1.53. The quantitative estimate of drug-likeness (QED) is 0.873. The Kier molecular flexibility index (Phi) is 3.50. The molecular weight excluding hydrogens is 210 g/mol. The number of nitrogen functional groups attached to an aromatic ring is 1. The molecule has 0 aliphatic heterocycles. The van der Waals surface area contributed by atoms with Crippen LogP contribution < -0.4 is 5.73 Å². The Balaban J connectivity index is 2.36. The third-order valence-electron chi connectivity index (χ3n) is 2.38. The van der Waals surface area contributed by atoms with Crippen LogP contribution in [0.1, 0.15) is 18.9 Å². The Labute approximate surface area is 101 Å². The predicted octanol–water partition coefficient (Wildman–Crippen LogP) is 3.15. The van der Waals surface area contributed by atoms with E-state index >= 15 is 0 Å². The summed E-state index contributed by atoms with van der Waals surface area (Å²) < 4.78 is 0. The van der Waals surface area contributed by atoms with Crippen LogP contribution in [0.2, 0.25) is 0 Å². The molecule has 2 aromatic rings. The van der Waals surface area contributed by atoms with E-state index in [-0.39, 0.29) is 0 Å². The van der Waals surface area contributed by atoms with Crippen molar-refractivity contribution in [1.82, 2.24) is 9.97 Å². The average Bonchev–Trinajstić information content (AvgIpc) is 2.37. The standard InChI is InChI=1S/C14H15N3/c1-2-3-4-11-5-7-16-13(9-11)14-10-12(15)6-8-17-14/h3-10H,2H2,1H3,(H2,15,17)/b4-3+. The number of allylic oxidation sites excluding steroid dienone is 1. The summed E-state index contributed by atoms with van der Waals surface area (Å²) in [6, 6.07) is 7.58. The molecule has 86 valence electrons. The van der Waals surface area contributed by atoms with E-state index in [1.54, 1.807) is 18.5 Å². The van der Waals surface area contributed by atoms with Crippen molar-refractivity contribution in [1.29, 1.82) is 0 Å². The van der Waals surface area contributed by atoms with E-state index in [4.69, 9.17) is 5.73 Å². The summed E-state index contributed by atoms with van der Waals surface area (Å²) in [5, 5.41) is 0. The van der Waals surface area contributed by atoms with Crippen LogP contribution in [-0.4, -0.2) is 9.97 Å². The number of pyridine rings is 2. The number of rotatable bonds is 3. The number of hydrogen-bond acceptors (Lipinski definition) is 3. The molecular formula is C14H15N3. The number of nitrogens with zero attached hydrogens (tertiary/aromatic N) is 2.